The lowest BCUT2D eigenvalue weighted by Gasteiger charge is -2.06. The molecule has 0 saturated heterocycles. The molecular formula is C12H12N2O4S. The number of benzene rings is 1. The highest BCUT2D eigenvalue weighted by Gasteiger charge is 2.16. The van der Waals surface area contributed by atoms with Gasteiger partial charge in [0.05, 0.1) is 7.11 Å². The topological polar surface area (TPSA) is 94.7 Å². The predicted octanol–water partition coefficient (Wildman–Crippen LogP) is 2.01. The Kier molecular flexibility index (Phi) is 3.86. The number of aromatic carboxylic acids is 1. The highest BCUT2D eigenvalue weighted by molar-refractivity contribution is 7.17. The van der Waals surface area contributed by atoms with E-state index in [-0.39, 0.29) is 16.6 Å². The van der Waals surface area contributed by atoms with Gasteiger partial charge in [-0.1, -0.05) is 17.4 Å². The number of nitrogens with zero attached hydrogens (tertiary/aromatic N) is 1. The lowest BCUT2D eigenvalue weighted by molar-refractivity contribution is 0.0699. The van der Waals surface area contributed by atoms with E-state index in [2.05, 4.69) is 4.98 Å². The summed E-state index contributed by atoms with van der Waals surface area (Å²) in [7, 11) is 1.56. The van der Waals surface area contributed by atoms with Crippen molar-refractivity contribution in [2.24, 2.45) is 0 Å². The van der Waals surface area contributed by atoms with Gasteiger partial charge in [-0.25, -0.2) is 9.78 Å². The fraction of sp³-hybridized carbons (Fsp3) is 0.167. The van der Waals surface area contributed by atoms with Crippen LogP contribution in [0.15, 0.2) is 24.3 Å². The quantitative estimate of drug-likeness (QED) is 0.870. The molecule has 1 aromatic carbocycles. The third-order valence-electron chi connectivity index (χ3n) is 2.32. The number of hydrogen-bond acceptors (Lipinski definition) is 6. The monoisotopic (exact) mass is 280 g/mol. The number of methoxy groups -OCH3 is 1. The van der Waals surface area contributed by atoms with Gasteiger partial charge < -0.3 is 20.3 Å². The van der Waals surface area contributed by atoms with Crippen molar-refractivity contribution in [2.75, 3.05) is 12.8 Å². The van der Waals surface area contributed by atoms with E-state index >= 15 is 0 Å². The van der Waals surface area contributed by atoms with Crippen LogP contribution >= 0.6 is 11.3 Å². The Morgan fingerprint density at radius 1 is 1.47 bits per heavy atom. The van der Waals surface area contributed by atoms with Crippen molar-refractivity contribution in [3.8, 4) is 11.5 Å². The molecule has 0 bridgehead atoms. The van der Waals surface area contributed by atoms with Crippen LogP contribution in [0.5, 0.6) is 11.5 Å². The first kappa shape index (κ1) is 13.2. The number of aromatic nitrogens is 1. The molecule has 0 spiro atoms. The lowest BCUT2D eigenvalue weighted by Crippen LogP contribution is -2.03. The molecule has 0 aliphatic rings. The first-order chi connectivity index (χ1) is 9.10. The van der Waals surface area contributed by atoms with Gasteiger partial charge in [0.15, 0.2) is 5.13 Å². The zero-order chi connectivity index (χ0) is 13.8. The van der Waals surface area contributed by atoms with Crippen molar-refractivity contribution >= 4 is 22.4 Å². The summed E-state index contributed by atoms with van der Waals surface area (Å²) in [6, 6.07) is 7.02. The number of thiazole rings is 1. The van der Waals surface area contributed by atoms with E-state index in [4.69, 9.17) is 20.3 Å². The summed E-state index contributed by atoms with van der Waals surface area (Å²) in [4.78, 5) is 15.0. The molecule has 0 aliphatic carbocycles. The molecule has 0 unspecified atom stereocenters. The van der Waals surface area contributed by atoms with Gasteiger partial charge in [-0.05, 0) is 12.1 Å². The number of hydrogen-bond donors (Lipinski definition) is 2. The molecule has 19 heavy (non-hydrogen) atoms. The average molecular weight is 280 g/mol. The maximum absolute atomic E-state index is 11.0. The number of carboxylic acids is 1. The molecule has 100 valence electrons. The van der Waals surface area contributed by atoms with Crippen LogP contribution in [-0.2, 0) is 6.61 Å². The third kappa shape index (κ3) is 3.14. The zero-order valence-corrected chi connectivity index (χ0v) is 10.9. The van der Waals surface area contributed by atoms with Crippen LogP contribution < -0.4 is 15.2 Å². The minimum atomic E-state index is -1.06. The van der Waals surface area contributed by atoms with E-state index in [1.54, 1.807) is 31.4 Å². The first-order valence-electron chi connectivity index (χ1n) is 5.35. The Morgan fingerprint density at radius 2 is 2.21 bits per heavy atom. The van der Waals surface area contributed by atoms with E-state index in [9.17, 15) is 4.79 Å². The highest BCUT2D eigenvalue weighted by Crippen LogP contribution is 2.24. The van der Waals surface area contributed by atoms with Crippen molar-refractivity contribution in [1.29, 1.82) is 0 Å². The molecule has 2 rings (SSSR count). The van der Waals surface area contributed by atoms with Gasteiger partial charge >= 0.3 is 5.97 Å². The minimum Gasteiger partial charge on any atom is -0.497 e. The van der Waals surface area contributed by atoms with Crippen molar-refractivity contribution in [1.82, 2.24) is 4.98 Å². The average Bonchev–Trinajstić information content (AvgIpc) is 2.78. The summed E-state index contributed by atoms with van der Waals surface area (Å²) in [6.45, 7) is 0.0441. The molecule has 1 heterocycles. The maximum Gasteiger partial charge on any atom is 0.348 e. The fourth-order valence-electron chi connectivity index (χ4n) is 1.48. The number of nitrogens with two attached hydrogens (primary N) is 1. The van der Waals surface area contributed by atoms with Crippen LogP contribution in [0, 0.1) is 0 Å². The summed E-state index contributed by atoms with van der Waals surface area (Å²) >= 11 is 0.928. The van der Waals surface area contributed by atoms with Gasteiger partial charge in [0.25, 0.3) is 0 Å². The Balaban J connectivity index is 2.11. The van der Waals surface area contributed by atoms with Gasteiger partial charge in [-0.3, -0.25) is 0 Å². The largest absolute Gasteiger partial charge is 0.497 e. The number of carbonyl (C=O) groups is 1. The zero-order valence-electron chi connectivity index (χ0n) is 10.1. The van der Waals surface area contributed by atoms with Gasteiger partial charge in [0.2, 0.25) is 0 Å². The molecule has 1 aromatic heterocycles. The van der Waals surface area contributed by atoms with Crippen LogP contribution in [0.25, 0.3) is 0 Å². The van der Waals surface area contributed by atoms with Crippen molar-refractivity contribution in [3.05, 3.63) is 34.8 Å². The molecule has 0 aliphatic heterocycles. The third-order valence-corrected chi connectivity index (χ3v) is 3.24. The maximum atomic E-state index is 11.0. The molecule has 3 N–H and O–H groups in total. The second-order valence-corrected chi connectivity index (χ2v) is 4.63. The molecule has 7 heteroatoms. The van der Waals surface area contributed by atoms with E-state index < -0.39 is 5.97 Å². The molecule has 0 atom stereocenters. The van der Waals surface area contributed by atoms with Gasteiger partial charge in [-0.2, -0.15) is 0 Å². The number of anilines is 1. The van der Waals surface area contributed by atoms with Crippen LogP contribution in [0.1, 0.15) is 15.4 Å². The van der Waals surface area contributed by atoms with E-state index in [0.29, 0.717) is 17.2 Å². The smallest absolute Gasteiger partial charge is 0.348 e. The minimum absolute atomic E-state index is 0.0441. The molecule has 0 saturated carbocycles. The Hall–Kier alpha value is -2.28. The van der Waals surface area contributed by atoms with Gasteiger partial charge in [0, 0.05) is 6.07 Å². The molecule has 0 amide bonds. The Morgan fingerprint density at radius 3 is 2.89 bits per heavy atom. The Bertz CT molecular complexity index is 597. The van der Waals surface area contributed by atoms with Gasteiger partial charge in [0.1, 0.15) is 28.7 Å². The second kappa shape index (κ2) is 5.57. The second-order valence-electron chi connectivity index (χ2n) is 3.60. The van der Waals surface area contributed by atoms with E-state index in [1.807, 2.05) is 0 Å². The van der Waals surface area contributed by atoms with Crippen LogP contribution in [0.3, 0.4) is 0 Å². The SMILES string of the molecule is COc1cccc(OCc2nc(N)sc2C(=O)O)c1. The normalized spacial score (nSPS) is 10.2. The predicted molar refractivity (Wildman–Crippen MR) is 70.8 cm³/mol. The van der Waals surface area contributed by atoms with E-state index in [0.717, 1.165) is 11.3 Å². The standard InChI is InChI=1S/C12H12N2O4S/c1-17-7-3-2-4-8(5-7)18-6-9-10(11(15)16)19-12(13)14-9/h2-5H,6H2,1H3,(H2,13,14)(H,15,16). The summed E-state index contributed by atoms with van der Waals surface area (Å²) < 4.78 is 10.5. The molecule has 0 radical (unpaired) electrons. The number of rotatable bonds is 5. The summed E-state index contributed by atoms with van der Waals surface area (Å²) in [6.07, 6.45) is 0. The molecule has 2 aromatic rings. The highest BCUT2D eigenvalue weighted by atomic mass is 32.1. The number of nitrogen functional groups attached to an aromatic ring is 1. The van der Waals surface area contributed by atoms with Crippen molar-refractivity contribution in [2.45, 2.75) is 6.61 Å². The van der Waals surface area contributed by atoms with Crippen molar-refractivity contribution in [3.63, 3.8) is 0 Å². The summed E-state index contributed by atoms with van der Waals surface area (Å²) in [5, 5.41) is 9.21. The van der Waals surface area contributed by atoms with Crippen molar-refractivity contribution < 1.29 is 19.4 Å². The fourth-order valence-corrected chi connectivity index (χ4v) is 2.15. The lowest BCUT2D eigenvalue weighted by atomic mass is 10.3. The molecule has 0 fully saturated rings. The first-order valence-corrected chi connectivity index (χ1v) is 6.17. The number of carboxylic acid groups (broad SMARTS) is 1. The van der Waals surface area contributed by atoms with E-state index in [1.165, 1.54) is 0 Å². The van der Waals surface area contributed by atoms with Crippen LogP contribution in [-0.4, -0.2) is 23.2 Å². The summed E-state index contributed by atoms with van der Waals surface area (Å²) in [5.74, 6) is 0.175. The Labute approximate surface area is 113 Å². The van der Waals surface area contributed by atoms with Crippen LogP contribution in [0.4, 0.5) is 5.13 Å². The summed E-state index contributed by atoms with van der Waals surface area (Å²) in [5.41, 5.74) is 5.82. The van der Waals surface area contributed by atoms with Crippen LogP contribution in [0.2, 0.25) is 0 Å². The molecule has 6 nitrogen and oxygen atoms in total. The number of ether oxygens (including phenoxy) is 2. The van der Waals surface area contributed by atoms with Gasteiger partial charge in [-0.15, -0.1) is 0 Å². The molecular weight excluding hydrogens is 268 g/mol.